The van der Waals surface area contributed by atoms with E-state index in [9.17, 15) is 17.6 Å². The number of likely N-dealkylation sites (tertiary alicyclic amines) is 1. The number of rotatable bonds is 6. The molecule has 37 heavy (non-hydrogen) atoms. The van der Waals surface area contributed by atoms with Gasteiger partial charge in [-0.3, -0.25) is 4.79 Å². The summed E-state index contributed by atoms with van der Waals surface area (Å²) >= 11 is 0. The minimum absolute atomic E-state index is 0.106. The van der Waals surface area contributed by atoms with Crippen molar-refractivity contribution in [2.24, 2.45) is 24.8 Å². The Labute approximate surface area is 219 Å². The maximum absolute atomic E-state index is 13.3. The summed E-state index contributed by atoms with van der Waals surface area (Å²) in [5.41, 5.74) is 3.01. The molecule has 0 unspecified atom stereocenters. The molecule has 1 aliphatic heterocycles. The molecule has 0 spiro atoms. The van der Waals surface area contributed by atoms with Crippen LogP contribution in [0.4, 0.5) is 4.39 Å². The molecule has 2 fully saturated rings. The number of aryl methyl sites for hydroxylation is 1. The second-order valence-electron chi connectivity index (χ2n) is 11.2. The summed E-state index contributed by atoms with van der Waals surface area (Å²) in [6.45, 7) is 5.86. The maximum atomic E-state index is 13.3. The zero-order chi connectivity index (χ0) is 26.3. The molecule has 1 saturated heterocycles. The molecular weight excluding hydrogens is 487 g/mol. The highest BCUT2D eigenvalue weighted by Gasteiger charge is 2.35. The zero-order valence-electron chi connectivity index (χ0n) is 22.0. The van der Waals surface area contributed by atoms with Crippen molar-refractivity contribution in [1.29, 1.82) is 0 Å². The molecular formula is C30H37FN2O3S. The van der Waals surface area contributed by atoms with Gasteiger partial charge in [-0.25, -0.2) is 12.8 Å². The number of piperidine rings is 1. The van der Waals surface area contributed by atoms with E-state index in [1.807, 2.05) is 25.2 Å². The van der Waals surface area contributed by atoms with E-state index in [-0.39, 0.29) is 16.6 Å². The number of hydrogen-bond donors (Lipinski definition) is 0. The average molecular weight is 525 g/mol. The number of hydrogen-bond acceptors (Lipinski definition) is 3. The Bertz CT molecular complexity index is 1390. The predicted octanol–water partition coefficient (Wildman–Crippen LogP) is 6.07. The van der Waals surface area contributed by atoms with Crippen molar-refractivity contribution in [2.75, 3.05) is 13.1 Å². The van der Waals surface area contributed by atoms with Crippen molar-refractivity contribution in [3.63, 3.8) is 0 Å². The molecule has 2 aromatic carbocycles. The molecule has 198 valence electrons. The molecule has 1 aliphatic carbocycles. The highest BCUT2D eigenvalue weighted by atomic mass is 32.2. The summed E-state index contributed by atoms with van der Waals surface area (Å²) in [6.07, 6.45) is 7.91. The second-order valence-corrected chi connectivity index (χ2v) is 13.2. The summed E-state index contributed by atoms with van der Waals surface area (Å²) in [5.74, 6) is 0.971. The number of amides is 1. The Morgan fingerprint density at radius 2 is 1.78 bits per heavy atom. The number of benzene rings is 2. The Hall–Kier alpha value is -2.67. The summed E-state index contributed by atoms with van der Waals surface area (Å²) in [5, 5.41) is 1.07. The fraction of sp³-hybridized carbons (Fsp3) is 0.500. The first-order valence-corrected chi connectivity index (χ1v) is 15.1. The van der Waals surface area contributed by atoms with Crippen molar-refractivity contribution >= 4 is 26.6 Å². The van der Waals surface area contributed by atoms with E-state index in [0.29, 0.717) is 23.7 Å². The first kappa shape index (κ1) is 26.0. The molecule has 5 rings (SSSR count). The molecule has 0 N–H and O–H groups in total. The average Bonchev–Trinajstić information content (AvgIpc) is 3.52. The second kappa shape index (κ2) is 10.2. The first-order chi connectivity index (χ1) is 17.6. The van der Waals surface area contributed by atoms with Crippen LogP contribution in [0.25, 0.3) is 10.9 Å². The largest absolute Gasteiger partial charge is 0.350 e. The number of sulfone groups is 1. The van der Waals surface area contributed by atoms with Gasteiger partial charge in [-0.2, -0.15) is 0 Å². The molecule has 1 saturated carbocycles. The van der Waals surface area contributed by atoms with Gasteiger partial charge in [-0.05, 0) is 84.5 Å². The van der Waals surface area contributed by atoms with Crippen LogP contribution in [0.2, 0.25) is 0 Å². The lowest BCUT2D eigenvalue weighted by molar-refractivity contribution is -0.138. The Kier molecular flexibility index (Phi) is 7.18. The van der Waals surface area contributed by atoms with Gasteiger partial charge in [0.1, 0.15) is 5.82 Å². The van der Waals surface area contributed by atoms with E-state index in [2.05, 4.69) is 29.5 Å². The smallest absolute Gasteiger partial charge is 0.225 e. The third-order valence-corrected chi connectivity index (χ3v) is 10.4. The third-order valence-electron chi connectivity index (χ3n) is 8.73. The summed E-state index contributed by atoms with van der Waals surface area (Å²) < 4.78 is 41.4. The molecule has 1 aromatic heterocycles. The SMILES string of the molecule is C[C@@H](C(=O)N1CC[C@@H](c2cn(C)c3ccc(CS(=O)(=O)c4ccc(F)cc4)cc23)[C@@H](C)C1)C1CCCC1. The lowest BCUT2D eigenvalue weighted by Gasteiger charge is -2.39. The maximum Gasteiger partial charge on any atom is 0.225 e. The van der Waals surface area contributed by atoms with Crippen LogP contribution >= 0.6 is 0 Å². The fourth-order valence-electron chi connectivity index (χ4n) is 6.55. The Balaban J connectivity index is 1.36. The van der Waals surface area contributed by atoms with Gasteiger partial charge >= 0.3 is 0 Å². The van der Waals surface area contributed by atoms with E-state index in [1.54, 1.807) is 0 Å². The first-order valence-electron chi connectivity index (χ1n) is 13.5. The summed E-state index contributed by atoms with van der Waals surface area (Å²) in [4.78, 5) is 15.5. The monoisotopic (exact) mass is 524 g/mol. The molecule has 7 heteroatoms. The third kappa shape index (κ3) is 5.20. The van der Waals surface area contributed by atoms with E-state index in [0.717, 1.165) is 36.0 Å². The van der Waals surface area contributed by atoms with Crippen LogP contribution in [-0.2, 0) is 27.4 Å². The number of carbonyl (C=O) groups excluding carboxylic acids is 1. The molecule has 2 heterocycles. The van der Waals surface area contributed by atoms with Crippen molar-refractivity contribution in [1.82, 2.24) is 9.47 Å². The number of nitrogens with zero attached hydrogens (tertiary/aromatic N) is 2. The topological polar surface area (TPSA) is 59.4 Å². The van der Waals surface area contributed by atoms with Crippen molar-refractivity contribution in [2.45, 2.75) is 62.5 Å². The van der Waals surface area contributed by atoms with Crippen molar-refractivity contribution in [3.8, 4) is 0 Å². The van der Waals surface area contributed by atoms with Crippen LogP contribution < -0.4 is 0 Å². The highest BCUT2D eigenvalue weighted by molar-refractivity contribution is 7.90. The fourth-order valence-corrected chi connectivity index (χ4v) is 7.89. The molecule has 3 aromatic rings. The van der Waals surface area contributed by atoms with E-state index < -0.39 is 15.7 Å². The quantitative estimate of drug-likeness (QED) is 0.368. The van der Waals surface area contributed by atoms with Crippen LogP contribution in [0.5, 0.6) is 0 Å². The van der Waals surface area contributed by atoms with Gasteiger partial charge in [0.15, 0.2) is 9.84 Å². The molecule has 3 atom stereocenters. The standard InChI is InChI=1S/C30H37FN2O3S/c1-20-17-33(30(34)21(2)23-6-4-5-7-23)15-14-26(20)28-18-32(3)29-13-8-22(16-27(28)29)19-37(35,36)25-11-9-24(31)10-12-25/h8-13,16,18,20-21,23,26H,4-7,14-15,17,19H2,1-3H3/t20-,21+,26+/m0/s1. The van der Waals surface area contributed by atoms with Gasteiger partial charge < -0.3 is 9.47 Å². The molecule has 2 aliphatic rings. The minimum Gasteiger partial charge on any atom is -0.350 e. The van der Waals surface area contributed by atoms with Crippen LogP contribution in [0.1, 0.15) is 63.0 Å². The van der Waals surface area contributed by atoms with Crippen LogP contribution in [0.3, 0.4) is 0 Å². The number of carbonyl (C=O) groups is 1. The molecule has 0 radical (unpaired) electrons. The van der Waals surface area contributed by atoms with Crippen LogP contribution in [-0.4, -0.2) is 36.9 Å². The number of halogens is 1. The van der Waals surface area contributed by atoms with Crippen LogP contribution in [0, 0.1) is 23.6 Å². The van der Waals surface area contributed by atoms with Gasteiger partial charge in [0.05, 0.1) is 10.6 Å². The van der Waals surface area contributed by atoms with Crippen LogP contribution in [0.15, 0.2) is 53.6 Å². The van der Waals surface area contributed by atoms with Gasteiger partial charge in [-0.15, -0.1) is 0 Å². The zero-order valence-corrected chi connectivity index (χ0v) is 22.8. The van der Waals surface area contributed by atoms with Gasteiger partial charge in [0, 0.05) is 43.2 Å². The summed E-state index contributed by atoms with van der Waals surface area (Å²) in [6, 6.07) is 10.8. The lowest BCUT2D eigenvalue weighted by atomic mass is 9.80. The highest BCUT2D eigenvalue weighted by Crippen LogP contribution is 2.39. The molecule has 0 bridgehead atoms. The summed E-state index contributed by atoms with van der Waals surface area (Å²) in [7, 11) is -1.57. The van der Waals surface area contributed by atoms with E-state index in [1.165, 1.54) is 55.5 Å². The van der Waals surface area contributed by atoms with E-state index in [4.69, 9.17) is 0 Å². The molecule has 1 amide bonds. The van der Waals surface area contributed by atoms with Gasteiger partial charge in [0.25, 0.3) is 0 Å². The van der Waals surface area contributed by atoms with Gasteiger partial charge in [0.2, 0.25) is 5.91 Å². The molecule has 5 nitrogen and oxygen atoms in total. The number of aromatic nitrogens is 1. The lowest BCUT2D eigenvalue weighted by Crippen LogP contribution is -2.45. The normalized spacial score (nSPS) is 22.0. The van der Waals surface area contributed by atoms with Gasteiger partial charge in [-0.1, -0.05) is 32.8 Å². The predicted molar refractivity (Wildman–Crippen MR) is 144 cm³/mol. The number of fused-ring (bicyclic) bond motifs is 1. The Morgan fingerprint density at radius 3 is 2.46 bits per heavy atom. The van der Waals surface area contributed by atoms with E-state index >= 15 is 0 Å². The Morgan fingerprint density at radius 1 is 1.08 bits per heavy atom. The minimum atomic E-state index is -3.59. The van der Waals surface area contributed by atoms with Crippen molar-refractivity contribution in [3.05, 3.63) is 65.6 Å². The van der Waals surface area contributed by atoms with Crippen molar-refractivity contribution < 1.29 is 17.6 Å².